The lowest BCUT2D eigenvalue weighted by Gasteiger charge is -2.32. The zero-order valence-electron chi connectivity index (χ0n) is 13.9. The van der Waals surface area contributed by atoms with Gasteiger partial charge in [0.1, 0.15) is 11.6 Å². The van der Waals surface area contributed by atoms with Crippen molar-refractivity contribution in [2.45, 2.75) is 58.7 Å². The quantitative estimate of drug-likeness (QED) is 0.823. The van der Waals surface area contributed by atoms with E-state index in [9.17, 15) is 0 Å². The molecule has 1 atom stereocenters. The molecule has 2 aromatic heterocycles. The molecule has 0 unspecified atom stereocenters. The van der Waals surface area contributed by atoms with Gasteiger partial charge in [-0.1, -0.05) is 0 Å². The third kappa shape index (κ3) is 3.26. The van der Waals surface area contributed by atoms with E-state index in [4.69, 9.17) is 0 Å². The van der Waals surface area contributed by atoms with Crippen LogP contribution in [0.1, 0.15) is 49.2 Å². The van der Waals surface area contributed by atoms with Gasteiger partial charge >= 0.3 is 0 Å². The Morgan fingerprint density at radius 2 is 2.04 bits per heavy atom. The van der Waals surface area contributed by atoms with E-state index in [2.05, 4.69) is 35.2 Å². The highest BCUT2D eigenvalue weighted by atomic mass is 15.6. The summed E-state index contributed by atoms with van der Waals surface area (Å²) in [5, 5.41) is 16.7. The second-order valence-electron chi connectivity index (χ2n) is 6.90. The summed E-state index contributed by atoms with van der Waals surface area (Å²) >= 11 is 0. The van der Waals surface area contributed by atoms with Crippen molar-refractivity contribution in [3.8, 4) is 0 Å². The lowest BCUT2D eigenvalue weighted by Crippen LogP contribution is -2.37. The van der Waals surface area contributed by atoms with Gasteiger partial charge in [0, 0.05) is 13.1 Å². The van der Waals surface area contributed by atoms with Crippen LogP contribution in [0.25, 0.3) is 0 Å². The van der Waals surface area contributed by atoms with E-state index in [1.165, 1.54) is 25.7 Å². The molecule has 1 saturated carbocycles. The lowest BCUT2D eigenvalue weighted by molar-refractivity contribution is 0.147. The zero-order chi connectivity index (χ0) is 15.8. The Labute approximate surface area is 135 Å². The van der Waals surface area contributed by atoms with Crippen LogP contribution < -0.4 is 0 Å². The molecule has 2 fully saturated rings. The Morgan fingerprint density at radius 1 is 1.17 bits per heavy atom. The molecule has 0 bridgehead atoms. The Hall–Kier alpha value is -1.83. The summed E-state index contributed by atoms with van der Waals surface area (Å²) in [6, 6.07) is 0.543. The van der Waals surface area contributed by atoms with Crippen LogP contribution in [0.15, 0.2) is 0 Å². The molecule has 3 heterocycles. The van der Waals surface area contributed by atoms with Crippen molar-refractivity contribution in [2.24, 2.45) is 5.92 Å². The maximum Gasteiger partial charge on any atom is 0.165 e. The van der Waals surface area contributed by atoms with Crippen LogP contribution in [0.2, 0.25) is 0 Å². The zero-order valence-corrected chi connectivity index (χ0v) is 13.9. The van der Waals surface area contributed by atoms with E-state index < -0.39 is 0 Å². The molecule has 124 valence electrons. The molecule has 1 aliphatic heterocycles. The number of hydrogen-bond donors (Lipinski definition) is 0. The standard InChI is InChI=1S/C15H24N8/c1-11-16-12(2)22(18-11)9-13-4-3-7-21(8-13)10-15-17-19-20-23(15)14-5-6-14/h13-14H,3-10H2,1-2H3/t13-/m0/s1. The maximum atomic E-state index is 4.50. The van der Waals surface area contributed by atoms with Crippen molar-refractivity contribution in [1.29, 1.82) is 0 Å². The van der Waals surface area contributed by atoms with Crippen molar-refractivity contribution in [3.05, 3.63) is 17.5 Å². The van der Waals surface area contributed by atoms with E-state index in [0.29, 0.717) is 12.0 Å². The van der Waals surface area contributed by atoms with Gasteiger partial charge in [0.2, 0.25) is 0 Å². The van der Waals surface area contributed by atoms with Gasteiger partial charge in [-0.05, 0) is 62.4 Å². The molecular weight excluding hydrogens is 292 g/mol. The Balaban J connectivity index is 1.38. The van der Waals surface area contributed by atoms with E-state index in [0.717, 1.165) is 43.7 Å². The van der Waals surface area contributed by atoms with Crippen LogP contribution in [-0.2, 0) is 13.1 Å². The van der Waals surface area contributed by atoms with Gasteiger partial charge in [-0.15, -0.1) is 5.10 Å². The molecule has 23 heavy (non-hydrogen) atoms. The van der Waals surface area contributed by atoms with Gasteiger partial charge in [-0.2, -0.15) is 5.10 Å². The van der Waals surface area contributed by atoms with E-state index in [-0.39, 0.29) is 0 Å². The molecule has 8 nitrogen and oxygen atoms in total. The minimum atomic E-state index is 0.543. The van der Waals surface area contributed by atoms with Crippen LogP contribution in [0.4, 0.5) is 0 Å². The number of nitrogens with zero attached hydrogens (tertiary/aromatic N) is 8. The molecule has 8 heteroatoms. The van der Waals surface area contributed by atoms with Crippen molar-refractivity contribution in [3.63, 3.8) is 0 Å². The Kier molecular flexibility index (Phi) is 3.84. The summed E-state index contributed by atoms with van der Waals surface area (Å²) in [5.74, 6) is 3.51. The molecule has 0 N–H and O–H groups in total. The number of likely N-dealkylation sites (tertiary alicyclic amines) is 1. The van der Waals surface area contributed by atoms with Crippen molar-refractivity contribution >= 4 is 0 Å². The largest absolute Gasteiger partial charge is 0.296 e. The molecule has 0 amide bonds. The Morgan fingerprint density at radius 3 is 2.78 bits per heavy atom. The molecule has 0 aromatic carbocycles. The van der Waals surface area contributed by atoms with E-state index >= 15 is 0 Å². The predicted molar refractivity (Wildman–Crippen MR) is 83.6 cm³/mol. The van der Waals surface area contributed by atoms with Crippen LogP contribution in [0.5, 0.6) is 0 Å². The van der Waals surface area contributed by atoms with E-state index in [1.54, 1.807) is 0 Å². The average Bonchev–Trinajstić information content (AvgIpc) is 3.18. The summed E-state index contributed by atoms with van der Waals surface area (Å²) in [6.45, 7) is 8.00. The van der Waals surface area contributed by atoms with E-state index in [1.807, 2.05) is 18.5 Å². The Bertz CT molecular complexity index is 671. The van der Waals surface area contributed by atoms with Crippen LogP contribution in [-0.4, -0.2) is 53.0 Å². The van der Waals surface area contributed by atoms with Gasteiger partial charge in [-0.25, -0.2) is 14.3 Å². The third-order valence-corrected chi connectivity index (χ3v) is 4.82. The number of tetrazole rings is 1. The number of hydrogen-bond acceptors (Lipinski definition) is 6. The molecule has 1 saturated heterocycles. The minimum absolute atomic E-state index is 0.543. The van der Waals surface area contributed by atoms with Gasteiger partial charge in [0.05, 0.1) is 12.6 Å². The van der Waals surface area contributed by atoms with Gasteiger partial charge in [0.15, 0.2) is 5.82 Å². The molecule has 2 aliphatic rings. The summed E-state index contributed by atoms with van der Waals surface area (Å²) in [4.78, 5) is 6.89. The number of aryl methyl sites for hydroxylation is 2. The molecule has 0 spiro atoms. The molecule has 0 radical (unpaired) electrons. The third-order valence-electron chi connectivity index (χ3n) is 4.82. The normalized spacial score (nSPS) is 22.6. The second kappa shape index (κ2) is 5.99. The fourth-order valence-corrected chi connectivity index (χ4v) is 3.54. The first-order valence-electron chi connectivity index (χ1n) is 8.56. The topological polar surface area (TPSA) is 77.5 Å². The summed E-state index contributed by atoms with van der Waals surface area (Å²) < 4.78 is 4.08. The van der Waals surface area contributed by atoms with Crippen LogP contribution in [0, 0.1) is 19.8 Å². The van der Waals surface area contributed by atoms with Crippen molar-refractivity contribution in [2.75, 3.05) is 13.1 Å². The molecule has 1 aliphatic carbocycles. The highest BCUT2D eigenvalue weighted by Crippen LogP contribution is 2.34. The number of piperidine rings is 1. The fraction of sp³-hybridized carbons (Fsp3) is 0.800. The maximum absolute atomic E-state index is 4.50. The molecular formula is C15H24N8. The monoisotopic (exact) mass is 316 g/mol. The molecule has 4 rings (SSSR count). The first kappa shape index (κ1) is 14.7. The number of aromatic nitrogens is 7. The van der Waals surface area contributed by atoms with Crippen molar-refractivity contribution in [1.82, 2.24) is 39.9 Å². The average molecular weight is 316 g/mol. The number of rotatable bonds is 5. The first-order chi connectivity index (χ1) is 11.2. The minimum Gasteiger partial charge on any atom is -0.296 e. The smallest absolute Gasteiger partial charge is 0.165 e. The summed E-state index contributed by atoms with van der Waals surface area (Å²) in [7, 11) is 0. The summed E-state index contributed by atoms with van der Waals surface area (Å²) in [5.41, 5.74) is 0. The lowest BCUT2D eigenvalue weighted by atomic mass is 9.98. The second-order valence-corrected chi connectivity index (χ2v) is 6.90. The van der Waals surface area contributed by atoms with Gasteiger partial charge < -0.3 is 0 Å². The van der Waals surface area contributed by atoms with Crippen LogP contribution >= 0.6 is 0 Å². The highest BCUT2D eigenvalue weighted by molar-refractivity contribution is 4.92. The van der Waals surface area contributed by atoms with Gasteiger partial charge in [-0.3, -0.25) is 4.90 Å². The summed E-state index contributed by atoms with van der Waals surface area (Å²) in [6.07, 6.45) is 4.90. The SMILES string of the molecule is Cc1nc(C)n(C[C@H]2CCCN(Cc3nnnn3C3CC3)C2)n1. The van der Waals surface area contributed by atoms with Crippen LogP contribution in [0.3, 0.4) is 0 Å². The predicted octanol–water partition coefficient (Wildman–Crippen LogP) is 1.13. The highest BCUT2D eigenvalue weighted by Gasteiger charge is 2.29. The fourth-order valence-electron chi connectivity index (χ4n) is 3.54. The van der Waals surface area contributed by atoms with Gasteiger partial charge in [0.25, 0.3) is 0 Å². The first-order valence-corrected chi connectivity index (χ1v) is 8.56. The van der Waals surface area contributed by atoms with Crippen molar-refractivity contribution < 1.29 is 0 Å². The molecule has 2 aromatic rings.